The molecule has 0 aliphatic rings. The lowest BCUT2D eigenvalue weighted by Gasteiger charge is -2.25. The zero-order chi connectivity index (χ0) is 13.7. The molecule has 0 unspecified atom stereocenters. The number of nitrogens with zero attached hydrogens (tertiary/aromatic N) is 1. The Morgan fingerprint density at radius 1 is 1.24 bits per heavy atom. The Bertz CT molecular complexity index is 241. The molecule has 0 spiro atoms. The lowest BCUT2D eigenvalue weighted by molar-refractivity contribution is -0.144. The number of nitrogens with one attached hydrogen (secondary N) is 1. The van der Waals surface area contributed by atoms with Gasteiger partial charge in [-0.05, 0) is 32.9 Å². The Morgan fingerprint density at radius 2 is 1.76 bits per heavy atom. The van der Waals surface area contributed by atoms with E-state index < -0.39 is 12.7 Å². The molecule has 0 saturated heterocycles. The molecule has 0 rings (SSSR count). The van der Waals surface area contributed by atoms with Crippen LogP contribution in [0.3, 0.4) is 0 Å². The van der Waals surface area contributed by atoms with Crippen LogP contribution in [0.5, 0.6) is 0 Å². The monoisotopic (exact) mass is 252 g/mol. The Kier molecular flexibility index (Phi) is 6.19. The van der Waals surface area contributed by atoms with Gasteiger partial charge >= 0.3 is 6.18 Å². The molecule has 0 amide bonds. The average Bonchev–Trinajstić information content (AvgIpc) is 2.10. The first kappa shape index (κ1) is 16.4. The smallest absolute Gasteiger partial charge is 0.308 e. The molecule has 0 heterocycles. The molecule has 0 radical (unpaired) electrons. The first-order valence-corrected chi connectivity index (χ1v) is 5.74. The van der Waals surface area contributed by atoms with Crippen LogP contribution in [0.1, 0.15) is 27.7 Å². The molecule has 17 heavy (non-hydrogen) atoms. The predicted molar refractivity (Wildman–Crippen MR) is 65.1 cm³/mol. The Labute approximate surface area is 102 Å². The summed E-state index contributed by atoms with van der Waals surface area (Å²) < 4.78 is 36.7. The quantitative estimate of drug-likeness (QED) is 0.731. The average molecular weight is 252 g/mol. The van der Waals surface area contributed by atoms with Gasteiger partial charge in [0.15, 0.2) is 0 Å². The van der Waals surface area contributed by atoms with E-state index in [9.17, 15) is 13.2 Å². The van der Waals surface area contributed by atoms with Crippen molar-refractivity contribution in [2.24, 2.45) is 0 Å². The fourth-order valence-electron chi connectivity index (χ4n) is 1.30. The van der Waals surface area contributed by atoms with Crippen molar-refractivity contribution in [3.05, 3.63) is 12.2 Å². The summed E-state index contributed by atoms with van der Waals surface area (Å²) in [5.74, 6) is 0. The summed E-state index contributed by atoms with van der Waals surface area (Å²) in [6, 6.07) is 0. The Hall–Kier alpha value is -0.550. The summed E-state index contributed by atoms with van der Waals surface area (Å²) in [5, 5.41) is 3.21. The van der Waals surface area contributed by atoms with Crippen LogP contribution in [-0.4, -0.2) is 42.8 Å². The van der Waals surface area contributed by atoms with Gasteiger partial charge < -0.3 is 5.32 Å². The highest BCUT2D eigenvalue weighted by Crippen LogP contribution is 2.16. The maximum absolute atomic E-state index is 12.2. The maximum atomic E-state index is 12.2. The van der Waals surface area contributed by atoms with Gasteiger partial charge in [0.1, 0.15) is 0 Å². The van der Waals surface area contributed by atoms with Crippen LogP contribution >= 0.6 is 0 Å². The van der Waals surface area contributed by atoms with Crippen LogP contribution in [0.4, 0.5) is 13.2 Å². The van der Waals surface area contributed by atoms with E-state index in [2.05, 4.69) is 11.9 Å². The number of halogens is 3. The number of hydrogen-bond donors (Lipinski definition) is 1. The van der Waals surface area contributed by atoms with Crippen molar-refractivity contribution in [3.63, 3.8) is 0 Å². The van der Waals surface area contributed by atoms with Gasteiger partial charge in [-0.15, -0.1) is 0 Å². The number of hydrogen-bond acceptors (Lipinski definition) is 2. The minimum absolute atomic E-state index is 0.0516. The van der Waals surface area contributed by atoms with Crippen molar-refractivity contribution in [2.75, 3.05) is 26.2 Å². The van der Waals surface area contributed by atoms with Crippen molar-refractivity contribution in [1.29, 1.82) is 0 Å². The molecular formula is C12H23F3N2. The Morgan fingerprint density at radius 3 is 2.12 bits per heavy atom. The Balaban J connectivity index is 4.08. The normalized spacial score (nSPS) is 13.2. The molecule has 1 N–H and O–H groups in total. The topological polar surface area (TPSA) is 15.3 Å². The number of rotatable bonds is 6. The predicted octanol–water partition coefficient (Wildman–Crippen LogP) is 2.81. The van der Waals surface area contributed by atoms with E-state index in [1.165, 1.54) is 4.90 Å². The summed E-state index contributed by atoms with van der Waals surface area (Å²) in [7, 11) is 0. The second kappa shape index (κ2) is 6.40. The molecule has 5 heteroatoms. The van der Waals surface area contributed by atoms with E-state index in [0.29, 0.717) is 13.1 Å². The number of alkyl halides is 3. The molecule has 0 aromatic heterocycles. The van der Waals surface area contributed by atoms with Gasteiger partial charge in [-0.3, -0.25) is 4.90 Å². The molecule has 0 aliphatic carbocycles. The molecule has 0 aromatic carbocycles. The van der Waals surface area contributed by atoms with E-state index in [4.69, 9.17) is 0 Å². The maximum Gasteiger partial charge on any atom is 0.401 e. The van der Waals surface area contributed by atoms with Crippen LogP contribution in [0.2, 0.25) is 0 Å². The summed E-state index contributed by atoms with van der Waals surface area (Å²) in [5.41, 5.74) is 0.718. The lowest BCUT2D eigenvalue weighted by atomic mass is 10.1. The standard InChI is InChI=1S/C12H23F3N2/c1-6-17(9-12(13,14)15)8-10(2)7-16-11(3,4)5/h16H,2,6-9H2,1,3-5H3. The molecule has 0 aromatic rings. The first-order chi connectivity index (χ1) is 7.53. The van der Waals surface area contributed by atoms with Crippen LogP contribution in [-0.2, 0) is 0 Å². The first-order valence-electron chi connectivity index (χ1n) is 5.74. The molecular weight excluding hydrogens is 229 g/mol. The zero-order valence-corrected chi connectivity index (χ0v) is 11.1. The number of likely N-dealkylation sites (N-methyl/N-ethyl adjacent to an activating group) is 1. The van der Waals surface area contributed by atoms with Gasteiger partial charge in [-0.1, -0.05) is 13.5 Å². The van der Waals surface area contributed by atoms with Crippen molar-refractivity contribution in [2.45, 2.75) is 39.4 Å². The van der Waals surface area contributed by atoms with E-state index in [-0.39, 0.29) is 12.1 Å². The molecule has 0 aliphatic heterocycles. The molecule has 0 saturated carbocycles. The third-order valence-corrected chi connectivity index (χ3v) is 2.17. The minimum Gasteiger partial charge on any atom is -0.308 e. The second-order valence-corrected chi connectivity index (χ2v) is 5.27. The van der Waals surface area contributed by atoms with Gasteiger partial charge in [0.2, 0.25) is 0 Å². The highest BCUT2D eigenvalue weighted by Gasteiger charge is 2.30. The minimum atomic E-state index is -4.15. The van der Waals surface area contributed by atoms with E-state index in [0.717, 1.165) is 5.57 Å². The van der Waals surface area contributed by atoms with Crippen molar-refractivity contribution >= 4 is 0 Å². The summed E-state index contributed by atoms with van der Waals surface area (Å²) in [4.78, 5) is 1.34. The fraction of sp³-hybridized carbons (Fsp3) is 0.833. The summed E-state index contributed by atoms with van der Waals surface area (Å²) in [6.07, 6.45) is -4.15. The zero-order valence-electron chi connectivity index (χ0n) is 11.1. The molecule has 0 fully saturated rings. The van der Waals surface area contributed by atoms with Gasteiger partial charge in [0.25, 0.3) is 0 Å². The van der Waals surface area contributed by atoms with Gasteiger partial charge in [-0.25, -0.2) is 0 Å². The van der Waals surface area contributed by atoms with Crippen molar-refractivity contribution < 1.29 is 13.2 Å². The largest absolute Gasteiger partial charge is 0.401 e. The third kappa shape index (κ3) is 10.3. The van der Waals surface area contributed by atoms with E-state index in [1.54, 1.807) is 6.92 Å². The summed E-state index contributed by atoms with van der Waals surface area (Å²) >= 11 is 0. The fourth-order valence-corrected chi connectivity index (χ4v) is 1.30. The second-order valence-electron chi connectivity index (χ2n) is 5.27. The SMILES string of the molecule is C=C(CNC(C)(C)C)CN(CC)CC(F)(F)F. The van der Waals surface area contributed by atoms with Gasteiger partial charge in [-0.2, -0.15) is 13.2 Å². The molecule has 2 nitrogen and oxygen atoms in total. The highest BCUT2D eigenvalue weighted by molar-refractivity contribution is 5.01. The lowest BCUT2D eigenvalue weighted by Crippen LogP contribution is -2.40. The van der Waals surface area contributed by atoms with Gasteiger partial charge in [0, 0.05) is 18.6 Å². The van der Waals surface area contributed by atoms with Crippen molar-refractivity contribution in [3.8, 4) is 0 Å². The molecule has 102 valence electrons. The van der Waals surface area contributed by atoms with Crippen molar-refractivity contribution in [1.82, 2.24) is 10.2 Å². The highest BCUT2D eigenvalue weighted by atomic mass is 19.4. The van der Waals surface area contributed by atoms with Gasteiger partial charge in [0.05, 0.1) is 6.54 Å². The van der Waals surface area contributed by atoms with E-state index in [1.807, 2.05) is 20.8 Å². The molecule has 0 atom stereocenters. The van der Waals surface area contributed by atoms with Crippen LogP contribution < -0.4 is 5.32 Å². The van der Waals surface area contributed by atoms with Crippen LogP contribution in [0.25, 0.3) is 0 Å². The summed E-state index contributed by atoms with van der Waals surface area (Å²) in [6.45, 7) is 11.9. The molecule has 0 bridgehead atoms. The van der Waals surface area contributed by atoms with Crippen LogP contribution in [0, 0.1) is 0 Å². The van der Waals surface area contributed by atoms with Crippen LogP contribution in [0.15, 0.2) is 12.2 Å². The van der Waals surface area contributed by atoms with E-state index >= 15 is 0 Å². The third-order valence-electron chi connectivity index (χ3n) is 2.17.